The summed E-state index contributed by atoms with van der Waals surface area (Å²) >= 11 is 8.11. The van der Waals surface area contributed by atoms with Gasteiger partial charge in [0, 0.05) is 42.4 Å². The fraction of sp³-hybridized carbons (Fsp3) is 0.100. The Bertz CT molecular complexity index is 1280. The summed E-state index contributed by atoms with van der Waals surface area (Å²) in [5.41, 5.74) is 4.02. The number of nitrogens with one attached hydrogen (secondary N) is 1. The molecule has 1 N–H and O–H groups in total. The Balaban J connectivity index is 1.45. The number of aromatic nitrogens is 6. The quantitative estimate of drug-likeness (QED) is 0.468. The smallest absolute Gasteiger partial charge is 0.147 e. The summed E-state index contributed by atoms with van der Waals surface area (Å²) in [5.74, 6) is 0.923. The molecular weight excluding hydrogens is 392 g/mol. The van der Waals surface area contributed by atoms with E-state index in [1.165, 1.54) is 0 Å². The highest BCUT2D eigenvalue weighted by molar-refractivity contribution is 7.14. The number of aryl methyl sites for hydroxylation is 1. The van der Waals surface area contributed by atoms with Crippen molar-refractivity contribution in [1.82, 2.24) is 29.9 Å². The fourth-order valence-electron chi connectivity index (χ4n) is 3.20. The molecule has 138 valence electrons. The van der Waals surface area contributed by atoms with Crippen molar-refractivity contribution in [3.8, 4) is 22.0 Å². The zero-order valence-corrected chi connectivity index (χ0v) is 16.5. The molecule has 5 rings (SSSR count). The first-order valence-corrected chi connectivity index (χ1v) is 9.89. The molecule has 0 aliphatic heterocycles. The molecule has 0 saturated heterocycles. The van der Waals surface area contributed by atoms with Crippen LogP contribution in [0, 0.1) is 0 Å². The van der Waals surface area contributed by atoms with E-state index in [1.807, 2.05) is 48.1 Å². The van der Waals surface area contributed by atoms with Crippen molar-refractivity contribution in [2.45, 2.75) is 6.42 Å². The highest BCUT2D eigenvalue weighted by Gasteiger charge is 2.13. The summed E-state index contributed by atoms with van der Waals surface area (Å²) in [6.45, 7) is 0. The van der Waals surface area contributed by atoms with Gasteiger partial charge in [-0.2, -0.15) is 5.10 Å². The van der Waals surface area contributed by atoms with Gasteiger partial charge in [-0.25, -0.2) is 4.98 Å². The van der Waals surface area contributed by atoms with Crippen molar-refractivity contribution < 1.29 is 0 Å². The molecule has 0 amide bonds. The predicted molar refractivity (Wildman–Crippen MR) is 111 cm³/mol. The second-order valence-electron chi connectivity index (χ2n) is 6.49. The Morgan fingerprint density at radius 2 is 2.04 bits per heavy atom. The molecule has 0 aliphatic rings. The van der Waals surface area contributed by atoms with Gasteiger partial charge in [0.15, 0.2) is 0 Å². The number of hydrogen-bond acceptors (Lipinski definition) is 5. The summed E-state index contributed by atoms with van der Waals surface area (Å²) < 4.78 is 2.00. The Labute approximate surface area is 169 Å². The molecule has 0 spiro atoms. The summed E-state index contributed by atoms with van der Waals surface area (Å²) in [5, 5.41) is 19.2. The van der Waals surface area contributed by atoms with Crippen LogP contribution in [0.1, 0.15) is 10.6 Å². The number of aromatic amines is 1. The minimum Gasteiger partial charge on any atom is -0.334 e. The van der Waals surface area contributed by atoms with Gasteiger partial charge in [-0.1, -0.05) is 47.2 Å². The van der Waals surface area contributed by atoms with Crippen LogP contribution in [-0.4, -0.2) is 29.9 Å². The van der Waals surface area contributed by atoms with Crippen molar-refractivity contribution in [2.75, 3.05) is 0 Å². The second kappa shape index (κ2) is 6.85. The van der Waals surface area contributed by atoms with Crippen LogP contribution in [0.25, 0.3) is 32.9 Å². The summed E-state index contributed by atoms with van der Waals surface area (Å²) in [6, 6.07) is 12.2. The fourth-order valence-corrected chi connectivity index (χ4v) is 4.34. The lowest BCUT2D eigenvalue weighted by atomic mass is 10.1. The molecule has 3 heterocycles. The predicted octanol–water partition coefficient (Wildman–Crippen LogP) is 4.73. The van der Waals surface area contributed by atoms with E-state index in [0.29, 0.717) is 11.4 Å². The van der Waals surface area contributed by atoms with Gasteiger partial charge < -0.3 is 4.57 Å². The van der Waals surface area contributed by atoms with Gasteiger partial charge >= 0.3 is 0 Å². The lowest BCUT2D eigenvalue weighted by Gasteiger charge is -2.03. The van der Waals surface area contributed by atoms with Gasteiger partial charge in [0.2, 0.25) is 0 Å². The van der Waals surface area contributed by atoms with E-state index >= 15 is 0 Å². The average molecular weight is 407 g/mol. The topological polar surface area (TPSA) is 72.3 Å². The van der Waals surface area contributed by atoms with Crippen LogP contribution in [0.2, 0.25) is 5.02 Å². The lowest BCUT2D eigenvalue weighted by molar-refractivity contribution is 0.925. The molecule has 0 unspecified atom stereocenters. The van der Waals surface area contributed by atoms with E-state index in [4.69, 9.17) is 11.6 Å². The minimum absolute atomic E-state index is 0.636. The maximum absolute atomic E-state index is 6.54. The minimum atomic E-state index is 0.636. The number of fused-ring (bicyclic) bond motifs is 1. The van der Waals surface area contributed by atoms with Gasteiger partial charge in [-0.05, 0) is 17.7 Å². The molecule has 3 aromatic heterocycles. The molecule has 2 aromatic carbocycles. The van der Waals surface area contributed by atoms with Gasteiger partial charge in [0.25, 0.3) is 0 Å². The molecule has 0 bridgehead atoms. The third-order valence-electron chi connectivity index (χ3n) is 4.64. The maximum atomic E-state index is 6.54. The zero-order chi connectivity index (χ0) is 19.1. The van der Waals surface area contributed by atoms with Crippen LogP contribution in [0.3, 0.4) is 0 Å². The molecule has 0 fully saturated rings. The zero-order valence-electron chi connectivity index (χ0n) is 14.9. The summed E-state index contributed by atoms with van der Waals surface area (Å²) in [7, 11) is 1.98. The van der Waals surface area contributed by atoms with Crippen molar-refractivity contribution in [2.24, 2.45) is 7.05 Å². The van der Waals surface area contributed by atoms with E-state index in [2.05, 4.69) is 31.4 Å². The van der Waals surface area contributed by atoms with Gasteiger partial charge in [-0.15, -0.1) is 10.2 Å². The summed E-state index contributed by atoms with van der Waals surface area (Å²) in [4.78, 5) is 4.42. The van der Waals surface area contributed by atoms with E-state index in [1.54, 1.807) is 23.7 Å². The lowest BCUT2D eigenvalue weighted by Crippen LogP contribution is -1.91. The first-order valence-electron chi connectivity index (χ1n) is 8.70. The summed E-state index contributed by atoms with van der Waals surface area (Å²) in [6.07, 6.45) is 6.11. The highest BCUT2D eigenvalue weighted by Crippen LogP contribution is 2.31. The molecular formula is C20H15ClN6S. The number of imidazole rings is 1. The SMILES string of the molecule is Cn1ccnc1-c1cccc(-c2nnc(Cc3ccc4[nH]ncc4c3Cl)s2)c1. The molecule has 5 aromatic rings. The highest BCUT2D eigenvalue weighted by atomic mass is 35.5. The monoisotopic (exact) mass is 406 g/mol. The number of nitrogens with zero attached hydrogens (tertiary/aromatic N) is 5. The average Bonchev–Trinajstić information content (AvgIpc) is 3.45. The third kappa shape index (κ3) is 2.98. The molecule has 28 heavy (non-hydrogen) atoms. The van der Waals surface area contributed by atoms with Crippen LogP contribution >= 0.6 is 22.9 Å². The van der Waals surface area contributed by atoms with Crippen molar-refractivity contribution in [3.05, 3.63) is 70.6 Å². The van der Waals surface area contributed by atoms with Crippen molar-refractivity contribution >= 4 is 33.8 Å². The number of halogens is 1. The largest absolute Gasteiger partial charge is 0.334 e. The van der Waals surface area contributed by atoms with Gasteiger partial charge in [0.1, 0.15) is 15.8 Å². The van der Waals surface area contributed by atoms with Crippen LogP contribution < -0.4 is 0 Å². The molecule has 0 saturated carbocycles. The number of H-pyrrole nitrogens is 1. The molecule has 6 nitrogen and oxygen atoms in total. The first kappa shape index (κ1) is 17.1. The van der Waals surface area contributed by atoms with Crippen LogP contribution in [0.4, 0.5) is 0 Å². The first-order chi connectivity index (χ1) is 13.7. The van der Waals surface area contributed by atoms with Gasteiger partial charge in [0.05, 0.1) is 16.7 Å². The van der Waals surface area contributed by atoms with Crippen LogP contribution in [0.5, 0.6) is 0 Å². The maximum Gasteiger partial charge on any atom is 0.147 e. The number of hydrogen-bond donors (Lipinski definition) is 1. The normalized spacial score (nSPS) is 11.4. The molecule has 8 heteroatoms. The van der Waals surface area contributed by atoms with Crippen LogP contribution in [0.15, 0.2) is 55.0 Å². The van der Waals surface area contributed by atoms with Crippen molar-refractivity contribution in [1.29, 1.82) is 0 Å². The Kier molecular flexibility index (Phi) is 4.18. The molecule has 0 radical (unpaired) electrons. The Hall–Kier alpha value is -3.03. The van der Waals surface area contributed by atoms with E-state index in [-0.39, 0.29) is 0 Å². The van der Waals surface area contributed by atoms with E-state index in [9.17, 15) is 0 Å². The second-order valence-corrected chi connectivity index (χ2v) is 7.93. The van der Waals surface area contributed by atoms with Crippen molar-refractivity contribution in [3.63, 3.8) is 0 Å². The van der Waals surface area contributed by atoms with Crippen LogP contribution in [-0.2, 0) is 13.5 Å². The number of rotatable bonds is 4. The third-order valence-corrected chi connectivity index (χ3v) is 6.05. The standard InChI is InChI=1S/C20H15ClN6S/c1-27-8-7-22-19(27)13-3-2-4-14(9-13)20-26-25-17(28-20)10-12-5-6-16-15(18(12)21)11-23-24-16/h2-9,11H,10H2,1H3,(H,23,24). The van der Waals surface area contributed by atoms with E-state index < -0.39 is 0 Å². The van der Waals surface area contributed by atoms with Gasteiger partial charge in [-0.3, -0.25) is 5.10 Å². The van der Waals surface area contributed by atoms with E-state index in [0.717, 1.165) is 43.4 Å². The Morgan fingerprint density at radius 1 is 1.14 bits per heavy atom. The number of benzene rings is 2. The molecule has 0 atom stereocenters. The Morgan fingerprint density at radius 3 is 2.89 bits per heavy atom. The molecule has 0 aliphatic carbocycles.